The van der Waals surface area contributed by atoms with Crippen LogP contribution in [0.1, 0.15) is 59.8 Å². The molecule has 0 aromatic heterocycles. The molecule has 29 heavy (non-hydrogen) atoms. The van der Waals surface area contributed by atoms with Crippen molar-refractivity contribution in [3.63, 3.8) is 0 Å². The highest BCUT2D eigenvalue weighted by atomic mass is 16.6. The van der Waals surface area contributed by atoms with E-state index in [4.69, 9.17) is 4.74 Å². The second-order valence-electron chi connectivity index (χ2n) is 11.8. The van der Waals surface area contributed by atoms with Crippen LogP contribution in [0.5, 0.6) is 0 Å². The highest BCUT2D eigenvalue weighted by molar-refractivity contribution is 5.94. The topological polar surface area (TPSA) is 63.6 Å². The number of rotatable bonds is 1. The van der Waals surface area contributed by atoms with E-state index in [0.717, 1.165) is 6.42 Å². The summed E-state index contributed by atoms with van der Waals surface area (Å²) in [6.45, 7) is 12.7. The average molecular weight is 397 g/mol. The van der Waals surface area contributed by atoms with Gasteiger partial charge in [0.25, 0.3) is 0 Å². The standard InChI is InChI=1S/C25H32O4/c1-13(2)23-10-16(23)25(17(26)11-23)12-24-9-8-21(25,4)19(24)18-15(6-7-22(24,5)28)14(3)20(27)29-18/h8-9,13,15-16,18-19,28H,3,6-7,10-12H2,1-2,4-5H3/t15-,16-,18-,19-,21?,22+,23-,24?,25+/m1/s1. The summed E-state index contributed by atoms with van der Waals surface area (Å²) < 4.78 is 5.96. The van der Waals surface area contributed by atoms with Crippen LogP contribution in [-0.4, -0.2) is 28.6 Å². The SMILES string of the molecule is C=C1C(=O)O[C@@H]2[C@@H]1CC[C@](C)(O)C13C=CC(C)([C@@H]21)[C@]1(C3)C(=O)C[C@@]2(C(C)C)C[C@H]21. The molecule has 1 spiro atoms. The normalized spacial score (nSPS) is 59.2. The number of fused-ring (bicyclic) bond motifs is 4. The van der Waals surface area contributed by atoms with Crippen molar-refractivity contribution in [2.24, 2.45) is 45.3 Å². The summed E-state index contributed by atoms with van der Waals surface area (Å²) in [4.78, 5) is 26.2. The Bertz CT molecular complexity index is 914. The lowest BCUT2D eigenvalue weighted by molar-refractivity contribution is -0.148. The number of esters is 1. The number of ether oxygens (including phenoxy) is 1. The Balaban J connectivity index is 1.56. The highest BCUT2D eigenvalue weighted by Crippen LogP contribution is 2.87. The maximum absolute atomic E-state index is 13.8. The molecule has 0 radical (unpaired) electrons. The van der Waals surface area contributed by atoms with Gasteiger partial charge in [-0.25, -0.2) is 4.79 Å². The third kappa shape index (κ3) is 1.62. The first-order valence-corrected chi connectivity index (χ1v) is 11.3. The van der Waals surface area contributed by atoms with Gasteiger partial charge in [-0.3, -0.25) is 4.79 Å². The summed E-state index contributed by atoms with van der Waals surface area (Å²) >= 11 is 0. The summed E-state index contributed by atoms with van der Waals surface area (Å²) in [5.41, 5.74) is -1.58. The number of ketones is 1. The molecule has 1 heterocycles. The monoisotopic (exact) mass is 396 g/mol. The molecule has 9 atom stereocenters. The molecule has 5 fully saturated rings. The Hall–Kier alpha value is -1.42. The van der Waals surface area contributed by atoms with Gasteiger partial charge >= 0.3 is 5.97 Å². The minimum Gasteiger partial charge on any atom is -0.458 e. The molecule has 0 amide bonds. The average Bonchev–Trinajstić information content (AvgIpc) is 3.02. The van der Waals surface area contributed by atoms with Gasteiger partial charge in [-0.2, -0.15) is 0 Å². The van der Waals surface area contributed by atoms with Gasteiger partial charge in [0.2, 0.25) is 0 Å². The molecule has 6 aliphatic rings. The second-order valence-corrected chi connectivity index (χ2v) is 11.8. The molecule has 2 bridgehead atoms. The number of Topliss-reactive ketones (excluding diaryl/α,β-unsaturated/α-hetero) is 1. The van der Waals surface area contributed by atoms with E-state index in [1.165, 1.54) is 0 Å². The predicted octanol–water partition coefficient (Wildman–Crippen LogP) is 3.83. The quantitative estimate of drug-likeness (QED) is 0.416. The van der Waals surface area contributed by atoms with Crippen molar-refractivity contribution < 1.29 is 19.4 Å². The smallest absolute Gasteiger partial charge is 0.334 e. The van der Waals surface area contributed by atoms with E-state index in [1.807, 2.05) is 6.92 Å². The minimum absolute atomic E-state index is 0.0548. The number of hydrogen-bond acceptors (Lipinski definition) is 4. The molecule has 4 nitrogen and oxygen atoms in total. The Kier molecular flexibility index (Phi) is 3.00. The zero-order chi connectivity index (χ0) is 20.8. The van der Waals surface area contributed by atoms with Crippen molar-refractivity contribution in [1.82, 2.24) is 0 Å². The van der Waals surface area contributed by atoms with E-state index in [2.05, 4.69) is 39.5 Å². The summed E-state index contributed by atoms with van der Waals surface area (Å²) in [6, 6.07) is 0. The van der Waals surface area contributed by atoms with Crippen LogP contribution in [-0.2, 0) is 14.3 Å². The third-order valence-corrected chi connectivity index (χ3v) is 10.9. The number of carbonyl (C=O) groups excluding carboxylic acids is 2. The van der Waals surface area contributed by atoms with Crippen LogP contribution >= 0.6 is 0 Å². The van der Waals surface area contributed by atoms with E-state index >= 15 is 0 Å². The zero-order valence-corrected chi connectivity index (χ0v) is 18.0. The van der Waals surface area contributed by atoms with Gasteiger partial charge < -0.3 is 9.84 Å². The molecule has 4 saturated carbocycles. The molecular formula is C25H32O4. The fourth-order valence-electron chi connectivity index (χ4n) is 9.16. The van der Waals surface area contributed by atoms with Crippen LogP contribution in [0.15, 0.2) is 24.3 Å². The van der Waals surface area contributed by atoms with Crippen LogP contribution < -0.4 is 0 Å². The molecule has 0 aromatic rings. The molecule has 1 aliphatic heterocycles. The Labute approximate surface area is 172 Å². The molecule has 5 aliphatic carbocycles. The van der Waals surface area contributed by atoms with Crippen molar-refractivity contribution in [1.29, 1.82) is 0 Å². The van der Waals surface area contributed by atoms with Crippen LogP contribution in [0, 0.1) is 45.3 Å². The number of hydrogen-bond donors (Lipinski definition) is 1. The van der Waals surface area contributed by atoms with Crippen LogP contribution in [0.3, 0.4) is 0 Å². The van der Waals surface area contributed by atoms with E-state index in [9.17, 15) is 14.7 Å². The predicted molar refractivity (Wildman–Crippen MR) is 108 cm³/mol. The number of allylic oxidation sites excluding steroid dienone is 1. The molecule has 6 rings (SSSR count). The van der Waals surface area contributed by atoms with E-state index < -0.39 is 16.4 Å². The fraction of sp³-hybridized carbons (Fsp3) is 0.760. The fourth-order valence-corrected chi connectivity index (χ4v) is 9.16. The van der Waals surface area contributed by atoms with Gasteiger partial charge in [-0.15, -0.1) is 0 Å². The lowest BCUT2D eigenvalue weighted by Crippen LogP contribution is -2.49. The van der Waals surface area contributed by atoms with Gasteiger partial charge in [0.15, 0.2) is 0 Å². The first kappa shape index (κ1) is 18.4. The summed E-state index contributed by atoms with van der Waals surface area (Å²) in [5.74, 6) is 0.852. The van der Waals surface area contributed by atoms with Gasteiger partial charge in [0.1, 0.15) is 11.9 Å². The molecule has 156 valence electrons. The first-order chi connectivity index (χ1) is 13.5. The van der Waals surface area contributed by atoms with Gasteiger partial charge in [-0.1, -0.05) is 39.5 Å². The molecule has 1 N–H and O–H groups in total. The van der Waals surface area contributed by atoms with Crippen LogP contribution in [0.25, 0.3) is 0 Å². The van der Waals surface area contributed by atoms with Gasteiger partial charge in [0.05, 0.1) is 5.60 Å². The first-order valence-electron chi connectivity index (χ1n) is 11.3. The van der Waals surface area contributed by atoms with Gasteiger partial charge in [-0.05, 0) is 49.9 Å². The maximum atomic E-state index is 13.8. The highest BCUT2D eigenvalue weighted by Gasteiger charge is 2.86. The van der Waals surface area contributed by atoms with Crippen molar-refractivity contribution in [2.75, 3.05) is 0 Å². The number of aliphatic hydroxyl groups is 1. The van der Waals surface area contributed by atoms with Gasteiger partial charge in [0, 0.05) is 40.1 Å². The molecule has 2 unspecified atom stereocenters. The van der Waals surface area contributed by atoms with Crippen LogP contribution in [0.4, 0.5) is 0 Å². The lowest BCUT2D eigenvalue weighted by Gasteiger charge is -2.44. The summed E-state index contributed by atoms with van der Waals surface area (Å²) in [7, 11) is 0. The Morgan fingerprint density at radius 1 is 1.24 bits per heavy atom. The van der Waals surface area contributed by atoms with Crippen molar-refractivity contribution in [2.45, 2.75) is 71.5 Å². The van der Waals surface area contributed by atoms with Crippen molar-refractivity contribution in [3.05, 3.63) is 24.3 Å². The largest absolute Gasteiger partial charge is 0.458 e. The van der Waals surface area contributed by atoms with E-state index in [0.29, 0.717) is 48.9 Å². The third-order valence-electron chi connectivity index (χ3n) is 10.9. The Morgan fingerprint density at radius 2 is 1.97 bits per heavy atom. The Morgan fingerprint density at radius 3 is 2.62 bits per heavy atom. The summed E-state index contributed by atoms with van der Waals surface area (Å²) in [5, 5.41) is 11.8. The molecule has 1 saturated heterocycles. The van der Waals surface area contributed by atoms with Crippen molar-refractivity contribution in [3.8, 4) is 0 Å². The minimum atomic E-state index is -0.926. The van der Waals surface area contributed by atoms with Crippen LogP contribution in [0.2, 0.25) is 0 Å². The van der Waals surface area contributed by atoms with Crippen molar-refractivity contribution >= 4 is 11.8 Å². The van der Waals surface area contributed by atoms with E-state index in [-0.39, 0.29) is 34.7 Å². The van der Waals surface area contributed by atoms with E-state index in [1.54, 1.807) is 0 Å². The molecular weight excluding hydrogens is 364 g/mol. The molecule has 0 aromatic carbocycles. The number of carbonyl (C=O) groups is 2. The lowest BCUT2D eigenvalue weighted by atomic mass is 9.58. The molecule has 4 heteroatoms. The zero-order valence-electron chi connectivity index (χ0n) is 18.0. The second kappa shape index (κ2) is 4.74. The summed E-state index contributed by atoms with van der Waals surface area (Å²) in [6.07, 6.45) is 7.95. The maximum Gasteiger partial charge on any atom is 0.334 e.